The molecule has 59 heavy (non-hydrogen) atoms. The summed E-state index contributed by atoms with van der Waals surface area (Å²) in [5.74, 6) is -3.88. The standard InChI is InChI=1S/C40H26F6N8O5/c1-2-47-36(55)25-17-32(34-19-53(51-49-34)26-7-3-5-21(13-26)23-9-11-28(37(56)57)30(15-23)39(41,42)43)48-33(18-25)35-20-54(52-50-35)27-8-4-6-22(14-27)24-10-12-29(38(58)59)31(16-24)40(44,45)46/h3-20H,2H2,1H3,(H,47,55)(H,56,57)(H,58,59). The number of hydrogen-bond acceptors (Lipinski definition) is 8. The number of benzene rings is 4. The maximum absolute atomic E-state index is 13.7. The first kappa shape index (κ1) is 39.5. The summed E-state index contributed by atoms with van der Waals surface area (Å²) in [5, 5.41) is 38.0. The minimum absolute atomic E-state index is 0.107. The van der Waals surface area contributed by atoms with Crippen LogP contribution in [-0.2, 0) is 12.4 Å². The third kappa shape index (κ3) is 8.24. The molecule has 0 radical (unpaired) electrons. The van der Waals surface area contributed by atoms with Gasteiger partial charge in [0.15, 0.2) is 0 Å². The van der Waals surface area contributed by atoms with Crippen molar-refractivity contribution in [3.05, 3.63) is 137 Å². The Morgan fingerprint density at radius 2 is 1.02 bits per heavy atom. The van der Waals surface area contributed by atoms with Crippen LogP contribution in [0.25, 0.3) is 56.4 Å². The number of aromatic carboxylic acids is 2. The van der Waals surface area contributed by atoms with Crippen LogP contribution in [-0.4, -0.2) is 69.6 Å². The fraction of sp³-hybridized carbons (Fsp3) is 0.100. The van der Waals surface area contributed by atoms with Crippen molar-refractivity contribution in [1.29, 1.82) is 0 Å². The number of nitrogens with zero attached hydrogens (tertiary/aromatic N) is 7. The van der Waals surface area contributed by atoms with Gasteiger partial charge < -0.3 is 15.5 Å². The number of aromatic nitrogens is 7. The van der Waals surface area contributed by atoms with Crippen LogP contribution in [0.2, 0.25) is 0 Å². The topological polar surface area (TPSA) is 178 Å². The molecule has 3 heterocycles. The summed E-state index contributed by atoms with van der Waals surface area (Å²) in [6.07, 6.45) is -6.86. The van der Waals surface area contributed by atoms with E-state index in [1.165, 1.54) is 58.2 Å². The lowest BCUT2D eigenvalue weighted by molar-refractivity contribution is -0.138. The second-order valence-corrected chi connectivity index (χ2v) is 12.8. The lowest BCUT2D eigenvalue weighted by Crippen LogP contribution is -2.22. The van der Waals surface area contributed by atoms with Crippen LogP contribution in [0, 0.1) is 0 Å². The molecule has 3 aromatic heterocycles. The number of nitrogens with one attached hydrogen (secondary N) is 1. The van der Waals surface area contributed by atoms with Gasteiger partial charge in [0.1, 0.15) is 11.4 Å². The maximum atomic E-state index is 13.7. The van der Waals surface area contributed by atoms with Crippen LogP contribution >= 0.6 is 0 Å². The van der Waals surface area contributed by atoms with Gasteiger partial charge in [-0.25, -0.2) is 23.9 Å². The van der Waals surface area contributed by atoms with E-state index in [0.29, 0.717) is 29.0 Å². The van der Waals surface area contributed by atoms with E-state index in [0.717, 1.165) is 24.3 Å². The van der Waals surface area contributed by atoms with Crippen molar-refractivity contribution in [2.24, 2.45) is 0 Å². The molecule has 3 N–H and O–H groups in total. The summed E-state index contributed by atoms with van der Waals surface area (Å²) in [6.45, 7) is 2.03. The number of carboxylic acids is 2. The number of halogens is 6. The molecule has 19 heteroatoms. The summed E-state index contributed by atoms with van der Waals surface area (Å²) in [5.41, 5.74) is -1.79. The molecule has 0 bridgehead atoms. The first-order valence-electron chi connectivity index (χ1n) is 17.3. The smallest absolute Gasteiger partial charge is 0.417 e. The van der Waals surface area contributed by atoms with Crippen molar-refractivity contribution in [1.82, 2.24) is 40.3 Å². The highest BCUT2D eigenvalue weighted by Crippen LogP contribution is 2.37. The van der Waals surface area contributed by atoms with Gasteiger partial charge in [-0.1, -0.05) is 46.8 Å². The molecule has 7 rings (SSSR count). The number of carboxylic acid groups (broad SMARTS) is 2. The number of rotatable bonds is 10. The van der Waals surface area contributed by atoms with Crippen molar-refractivity contribution in [2.75, 3.05) is 6.54 Å². The Balaban J connectivity index is 1.21. The van der Waals surface area contributed by atoms with E-state index in [2.05, 4.69) is 30.9 Å². The van der Waals surface area contributed by atoms with Gasteiger partial charge in [0.05, 0.1) is 57.4 Å². The van der Waals surface area contributed by atoms with Crippen LogP contribution in [0.3, 0.4) is 0 Å². The molecule has 1 amide bonds. The number of hydrogen-bond donors (Lipinski definition) is 3. The fourth-order valence-corrected chi connectivity index (χ4v) is 6.15. The van der Waals surface area contributed by atoms with Gasteiger partial charge in [-0.2, -0.15) is 26.3 Å². The maximum Gasteiger partial charge on any atom is 0.417 e. The van der Waals surface area contributed by atoms with Gasteiger partial charge >= 0.3 is 24.3 Å². The first-order chi connectivity index (χ1) is 28.0. The Labute approximate surface area is 328 Å². The molecule has 0 aliphatic heterocycles. The molecule has 298 valence electrons. The van der Waals surface area contributed by atoms with E-state index < -0.39 is 52.5 Å². The molecule has 0 unspecified atom stereocenters. The highest BCUT2D eigenvalue weighted by molar-refractivity contribution is 5.96. The quantitative estimate of drug-likeness (QED) is 0.114. The van der Waals surface area contributed by atoms with Crippen molar-refractivity contribution in [3.63, 3.8) is 0 Å². The minimum atomic E-state index is -4.91. The zero-order chi connectivity index (χ0) is 42.2. The second kappa shape index (κ2) is 15.3. The Morgan fingerprint density at radius 1 is 0.593 bits per heavy atom. The SMILES string of the molecule is CCNC(=O)c1cc(-c2cn(-c3cccc(-c4ccc(C(=O)O)c(C(F)(F)F)c4)c3)nn2)nc(-c2cn(-c3cccc(-c4ccc(C(=O)O)c(C(F)(F)F)c4)c3)nn2)c1. The third-order valence-electron chi connectivity index (χ3n) is 8.94. The van der Waals surface area contributed by atoms with Crippen molar-refractivity contribution in [2.45, 2.75) is 19.3 Å². The summed E-state index contributed by atoms with van der Waals surface area (Å²) in [7, 11) is 0. The second-order valence-electron chi connectivity index (χ2n) is 12.8. The molecule has 13 nitrogen and oxygen atoms in total. The molecular weight excluding hydrogens is 786 g/mol. The van der Waals surface area contributed by atoms with Crippen LogP contribution in [0.1, 0.15) is 49.1 Å². The Morgan fingerprint density at radius 3 is 1.41 bits per heavy atom. The molecule has 4 aromatic carbocycles. The van der Waals surface area contributed by atoms with Gasteiger partial charge in [-0.05, 0) is 89.8 Å². The number of carbonyl (C=O) groups excluding carboxylic acids is 1. The van der Waals surface area contributed by atoms with E-state index in [4.69, 9.17) is 0 Å². The molecule has 0 saturated heterocycles. The number of pyridine rings is 1. The number of carbonyl (C=O) groups is 3. The lowest BCUT2D eigenvalue weighted by atomic mass is 9.98. The van der Waals surface area contributed by atoms with Gasteiger partial charge in [0, 0.05) is 12.1 Å². The Hall–Kier alpha value is -7.70. The van der Waals surface area contributed by atoms with Gasteiger partial charge in [-0.3, -0.25) is 4.79 Å². The lowest BCUT2D eigenvalue weighted by Gasteiger charge is -2.13. The minimum Gasteiger partial charge on any atom is -0.478 e. The molecule has 7 aromatic rings. The average Bonchev–Trinajstić information content (AvgIpc) is 3.92. The molecular formula is C40H26F6N8O5. The van der Waals surface area contributed by atoms with Crippen molar-refractivity contribution >= 4 is 17.8 Å². The summed E-state index contributed by atoms with van der Waals surface area (Å²) in [6, 6.07) is 21.3. The Bertz CT molecular complexity index is 2600. The third-order valence-corrected chi connectivity index (χ3v) is 8.94. The largest absolute Gasteiger partial charge is 0.478 e. The highest BCUT2D eigenvalue weighted by Gasteiger charge is 2.36. The van der Waals surface area contributed by atoms with Gasteiger partial charge in [-0.15, -0.1) is 10.2 Å². The van der Waals surface area contributed by atoms with E-state index in [1.807, 2.05) is 0 Å². The average molecular weight is 813 g/mol. The zero-order valence-electron chi connectivity index (χ0n) is 30.1. The summed E-state index contributed by atoms with van der Waals surface area (Å²) < 4.78 is 85.0. The molecule has 0 aliphatic rings. The van der Waals surface area contributed by atoms with Crippen molar-refractivity contribution in [3.8, 4) is 56.4 Å². The first-order valence-corrected chi connectivity index (χ1v) is 17.3. The molecule has 0 aliphatic carbocycles. The van der Waals surface area contributed by atoms with E-state index >= 15 is 0 Å². The normalized spacial score (nSPS) is 11.7. The van der Waals surface area contributed by atoms with E-state index in [1.54, 1.807) is 43.3 Å². The van der Waals surface area contributed by atoms with Gasteiger partial charge in [0.2, 0.25) is 0 Å². The van der Waals surface area contributed by atoms with E-state index in [-0.39, 0.29) is 39.5 Å². The number of amides is 1. The van der Waals surface area contributed by atoms with Crippen LogP contribution < -0.4 is 5.32 Å². The van der Waals surface area contributed by atoms with Crippen LogP contribution in [0.4, 0.5) is 26.3 Å². The molecule has 0 saturated carbocycles. The predicted molar refractivity (Wildman–Crippen MR) is 198 cm³/mol. The number of alkyl halides is 6. The fourth-order valence-electron chi connectivity index (χ4n) is 6.15. The molecule has 0 fully saturated rings. The van der Waals surface area contributed by atoms with E-state index in [9.17, 15) is 50.9 Å². The van der Waals surface area contributed by atoms with Gasteiger partial charge in [0.25, 0.3) is 5.91 Å². The summed E-state index contributed by atoms with van der Waals surface area (Å²) >= 11 is 0. The highest BCUT2D eigenvalue weighted by atomic mass is 19.4. The van der Waals surface area contributed by atoms with Crippen LogP contribution in [0.5, 0.6) is 0 Å². The monoisotopic (exact) mass is 812 g/mol. The molecule has 0 atom stereocenters. The predicted octanol–water partition coefficient (Wildman–Crippen LogP) is 8.09. The molecule has 0 spiro atoms. The van der Waals surface area contributed by atoms with Crippen molar-refractivity contribution < 1.29 is 50.9 Å². The summed E-state index contributed by atoms with van der Waals surface area (Å²) in [4.78, 5) is 40.6. The van der Waals surface area contributed by atoms with Crippen LogP contribution in [0.15, 0.2) is 109 Å². The zero-order valence-corrected chi connectivity index (χ0v) is 30.1. The Kier molecular flexibility index (Phi) is 10.3.